The lowest BCUT2D eigenvalue weighted by atomic mass is 10.0. The van der Waals surface area contributed by atoms with Crippen LogP contribution in [0.15, 0.2) is 79.0 Å². The number of nitrogen functional groups attached to an aromatic ring is 1. The number of benzene rings is 2. The number of nitrogens with one attached hydrogen (secondary N) is 1. The van der Waals surface area contributed by atoms with Crippen molar-refractivity contribution in [3.05, 3.63) is 95.8 Å². The number of hydrogen-bond acceptors (Lipinski definition) is 6. The van der Waals surface area contributed by atoms with Gasteiger partial charge in [0.25, 0.3) is 0 Å². The monoisotopic (exact) mass is 382 g/mol. The molecule has 0 aliphatic heterocycles. The minimum atomic E-state index is 0.423. The maximum Gasteiger partial charge on any atom is 0.229 e. The summed E-state index contributed by atoms with van der Waals surface area (Å²) < 4.78 is 0. The van der Waals surface area contributed by atoms with E-state index in [-0.39, 0.29) is 0 Å². The standard InChI is InChI=1S/C23H22N6/c24-15-20-13-17(10-11-26-20)12-16-6-8-19(9-7-16)27-23-28-21(14-22(25)29-23)18-4-2-1-3-5-18/h1-11,13-14H,12,15,24H2,(H3,25,27,28,29). The molecule has 0 amide bonds. The summed E-state index contributed by atoms with van der Waals surface area (Å²) in [4.78, 5) is 13.1. The highest BCUT2D eigenvalue weighted by Gasteiger charge is 2.06. The fraction of sp³-hybridized carbons (Fsp3) is 0.0870. The summed E-state index contributed by atoms with van der Waals surface area (Å²) in [5.74, 6) is 0.893. The molecule has 0 unspecified atom stereocenters. The van der Waals surface area contributed by atoms with Gasteiger partial charge in [0.1, 0.15) is 5.82 Å². The van der Waals surface area contributed by atoms with Crippen molar-refractivity contribution < 1.29 is 0 Å². The Bertz CT molecular complexity index is 1090. The Hall–Kier alpha value is -3.77. The van der Waals surface area contributed by atoms with Crippen LogP contribution in [0.2, 0.25) is 0 Å². The minimum Gasteiger partial charge on any atom is -0.384 e. The third kappa shape index (κ3) is 4.75. The number of anilines is 3. The number of pyridine rings is 1. The van der Waals surface area contributed by atoms with Crippen LogP contribution >= 0.6 is 0 Å². The van der Waals surface area contributed by atoms with Crippen molar-refractivity contribution in [1.29, 1.82) is 0 Å². The van der Waals surface area contributed by atoms with Gasteiger partial charge >= 0.3 is 0 Å². The molecule has 0 fully saturated rings. The summed E-state index contributed by atoms with van der Waals surface area (Å²) in [5, 5.41) is 3.24. The Morgan fingerprint density at radius 2 is 1.62 bits per heavy atom. The highest BCUT2D eigenvalue weighted by molar-refractivity contribution is 5.65. The second-order valence-corrected chi connectivity index (χ2v) is 6.73. The molecule has 29 heavy (non-hydrogen) atoms. The molecule has 4 rings (SSSR count). The Morgan fingerprint density at radius 3 is 2.38 bits per heavy atom. The predicted octanol–water partition coefficient (Wildman–Crippen LogP) is 3.91. The SMILES string of the molecule is NCc1cc(Cc2ccc(Nc3nc(N)cc(-c4ccccc4)n3)cc2)ccn1. The molecule has 5 N–H and O–H groups in total. The molecule has 4 aromatic rings. The molecule has 0 radical (unpaired) electrons. The van der Waals surface area contributed by atoms with Crippen LogP contribution in [-0.2, 0) is 13.0 Å². The summed E-state index contributed by atoms with van der Waals surface area (Å²) in [5.41, 5.74) is 17.6. The van der Waals surface area contributed by atoms with E-state index in [1.54, 1.807) is 12.3 Å². The lowest BCUT2D eigenvalue weighted by Gasteiger charge is -2.09. The summed E-state index contributed by atoms with van der Waals surface area (Å²) in [6, 6.07) is 23.9. The Balaban J connectivity index is 1.49. The van der Waals surface area contributed by atoms with E-state index in [0.29, 0.717) is 18.3 Å². The van der Waals surface area contributed by atoms with Gasteiger partial charge in [-0.25, -0.2) is 4.98 Å². The summed E-state index contributed by atoms with van der Waals surface area (Å²) in [6.45, 7) is 0.446. The highest BCUT2D eigenvalue weighted by atomic mass is 15.1. The lowest BCUT2D eigenvalue weighted by molar-refractivity contribution is 0.976. The smallest absolute Gasteiger partial charge is 0.229 e. The van der Waals surface area contributed by atoms with Crippen molar-refractivity contribution in [3.8, 4) is 11.3 Å². The van der Waals surface area contributed by atoms with Gasteiger partial charge in [-0.15, -0.1) is 0 Å². The average Bonchev–Trinajstić information content (AvgIpc) is 2.75. The van der Waals surface area contributed by atoms with Crippen LogP contribution < -0.4 is 16.8 Å². The van der Waals surface area contributed by atoms with Crippen LogP contribution in [0.25, 0.3) is 11.3 Å². The van der Waals surface area contributed by atoms with Gasteiger partial charge in [-0.2, -0.15) is 4.98 Å². The van der Waals surface area contributed by atoms with Gasteiger partial charge in [-0.1, -0.05) is 42.5 Å². The molecule has 6 nitrogen and oxygen atoms in total. The number of nitrogens with zero attached hydrogens (tertiary/aromatic N) is 3. The molecule has 0 saturated carbocycles. The quantitative estimate of drug-likeness (QED) is 0.467. The second kappa shape index (κ2) is 8.50. The normalized spacial score (nSPS) is 10.7. The van der Waals surface area contributed by atoms with Crippen molar-refractivity contribution in [2.24, 2.45) is 5.73 Å². The van der Waals surface area contributed by atoms with Crippen molar-refractivity contribution in [3.63, 3.8) is 0 Å². The number of hydrogen-bond donors (Lipinski definition) is 3. The molecule has 2 heterocycles. The molecule has 0 atom stereocenters. The van der Waals surface area contributed by atoms with E-state index >= 15 is 0 Å². The van der Waals surface area contributed by atoms with Gasteiger partial charge in [0.05, 0.1) is 11.4 Å². The zero-order valence-electron chi connectivity index (χ0n) is 15.9. The fourth-order valence-electron chi connectivity index (χ4n) is 3.10. The van der Waals surface area contributed by atoms with Crippen molar-refractivity contribution in [2.45, 2.75) is 13.0 Å². The molecular weight excluding hydrogens is 360 g/mol. The lowest BCUT2D eigenvalue weighted by Crippen LogP contribution is -2.02. The average molecular weight is 382 g/mol. The molecule has 2 aromatic heterocycles. The Morgan fingerprint density at radius 1 is 0.828 bits per heavy atom. The first-order valence-corrected chi connectivity index (χ1v) is 9.39. The molecule has 2 aromatic carbocycles. The van der Waals surface area contributed by atoms with Crippen molar-refractivity contribution >= 4 is 17.5 Å². The third-order valence-corrected chi connectivity index (χ3v) is 4.52. The van der Waals surface area contributed by atoms with Gasteiger partial charge in [-0.05, 0) is 41.8 Å². The maximum atomic E-state index is 5.98. The highest BCUT2D eigenvalue weighted by Crippen LogP contribution is 2.22. The van der Waals surface area contributed by atoms with Crippen molar-refractivity contribution in [2.75, 3.05) is 11.1 Å². The molecule has 6 heteroatoms. The van der Waals surface area contributed by atoms with Crippen LogP contribution in [0.5, 0.6) is 0 Å². The van der Waals surface area contributed by atoms with E-state index in [0.717, 1.165) is 29.1 Å². The van der Waals surface area contributed by atoms with Gasteiger partial charge in [-0.3, -0.25) is 4.98 Å². The van der Waals surface area contributed by atoms with E-state index in [4.69, 9.17) is 11.5 Å². The molecular formula is C23H22N6. The topological polar surface area (TPSA) is 103 Å². The molecule has 0 spiro atoms. The zero-order chi connectivity index (χ0) is 20.1. The van der Waals surface area contributed by atoms with E-state index in [1.807, 2.05) is 54.6 Å². The summed E-state index contributed by atoms with van der Waals surface area (Å²) in [6.07, 6.45) is 2.62. The molecule has 0 aliphatic carbocycles. The molecule has 0 bridgehead atoms. The largest absolute Gasteiger partial charge is 0.384 e. The van der Waals surface area contributed by atoms with Gasteiger partial charge in [0.2, 0.25) is 5.95 Å². The van der Waals surface area contributed by atoms with Gasteiger partial charge in [0, 0.05) is 30.1 Å². The summed E-state index contributed by atoms with van der Waals surface area (Å²) >= 11 is 0. The Labute approximate surface area is 169 Å². The van der Waals surface area contributed by atoms with Gasteiger partial charge in [0.15, 0.2) is 0 Å². The second-order valence-electron chi connectivity index (χ2n) is 6.73. The van der Waals surface area contributed by atoms with Crippen LogP contribution in [-0.4, -0.2) is 15.0 Å². The van der Waals surface area contributed by atoms with E-state index < -0.39 is 0 Å². The first kappa shape index (κ1) is 18.6. The first-order chi connectivity index (χ1) is 14.2. The number of aromatic nitrogens is 3. The first-order valence-electron chi connectivity index (χ1n) is 9.39. The van der Waals surface area contributed by atoms with E-state index in [9.17, 15) is 0 Å². The van der Waals surface area contributed by atoms with Crippen LogP contribution in [0.3, 0.4) is 0 Å². The maximum absolute atomic E-state index is 5.98. The third-order valence-electron chi connectivity index (χ3n) is 4.52. The summed E-state index contributed by atoms with van der Waals surface area (Å²) in [7, 11) is 0. The molecule has 144 valence electrons. The van der Waals surface area contributed by atoms with E-state index in [2.05, 4.69) is 32.4 Å². The van der Waals surface area contributed by atoms with Crippen molar-refractivity contribution in [1.82, 2.24) is 15.0 Å². The predicted molar refractivity (Wildman–Crippen MR) is 117 cm³/mol. The van der Waals surface area contributed by atoms with Crippen LogP contribution in [0.1, 0.15) is 16.8 Å². The fourth-order valence-corrected chi connectivity index (χ4v) is 3.10. The van der Waals surface area contributed by atoms with E-state index in [1.165, 1.54) is 11.1 Å². The number of nitrogens with two attached hydrogens (primary N) is 2. The van der Waals surface area contributed by atoms with Gasteiger partial charge < -0.3 is 16.8 Å². The molecule has 0 saturated heterocycles. The Kier molecular flexibility index (Phi) is 5.45. The van der Waals surface area contributed by atoms with Crippen LogP contribution in [0.4, 0.5) is 17.5 Å². The number of rotatable bonds is 6. The molecule has 0 aliphatic rings. The zero-order valence-corrected chi connectivity index (χ0v) is 15.9. The minimum absolute atomic E-state index is 0.423. The van der Waals surface area contributed by atoms with Crippen LogP contribution in [0, 0.1) is 0 Å².